The van der Waals surface area contributed by atoms with Gasteiger partial charge in [-0.2, -0.15) is 0 Å². The number of hydrogen-bond donors (Lipinski definition) is 2. The standard InChI is InChI=1S/C20H29ClO4/c1-7-18(4)16(21)14(24)15-19(5)11(10-13(23)20(15,6)25-18)17(2,3)9-8-12(19)22/h7,10,12-13,15-16,22-23H,1,8-9H2,2-6H3/t12-,13-,15+,16?,18-,19+,20+/m0/s1. The van der Waals surface area contributed by atoms with Crippen LogP contribution in [0.5, 0.6) is 0 Å². The molecular formula is C20H29ClO4. The van der Waals surface area contributed by atoms with E-state index in [1.165, 1.54) is 6.08 Å². The van der Waals surface area contributed by atoms with E-state index in [4.69, 9.17) is 16.3 Å². The maximum absolute atomic E-state index is 13.4. The van der Waals surface area contributed by atoms with E-state index in [0.29, 0.717) is 6.42 Å². The highest BCUT2D eigenvalue weighted by Crippen LogP contribution is 2.62. The Balaban J connectivity index is 2.25. The highest BCUT2D eigenvalue weighted by molar-refractivity contribution is 6.33. The van der Waals surface area contributed by atoms with Crippen molar-refractivity contribution in [2.24, 2.45) is 16.7 Å². The molecule has 0 aromatic rings. The molecule has 0 amide bonds. The third-order valence-electron chi connectivity index (χ3n) is 7.01. The lowest BCUT2D eigenvalue weighted by atomic mass is 9.47. The van der Waals surface area contributed by atoms with Crippen molar-refractivity contribution < 1.29 is 19.7 Å². The highest BCUT2D eigenvalue weighted by atomic mass is 35.5. The second-order valence-electron chi connectivity index (χ2n) is 9.12. The number of fused-ring (bicyclic) bond motifs is 3. The van der Waals surface area contributed by atoms with Gasteiger partial charge in [0.05, 0.1) is 12.0 Å². The van der Waals surface area contributed by atoms with Crippen molar-refractivity contribution in [3.63, 3.8) is 0 Å². The molecule has 1 heterocycles. The maximum atomic E-state index is 13.4. The molecule has 1 aliphatic heterocycles. The zero-order valence-corrected chi connectivity index (χ0v) is 16.4. The summed E-state index contributed by atoms with van der Waals surface area (Å²) in [7, 11) is 0. The minimum absolute atomic E-state index is 0.193. The van der Waals surface area contributed by atoms with Gasteiger partial charge in [-0.25, -0.2) is 0 Å². The van der Waals surface area contributed by atoms with Crippen molar-refractivity contribution in [1.82, 2.24) is 0 Å². The van der Waals surface area contributed by atoms with Crippen LogP contribution in [0, 0.1) is 16.7 Å². The van der Waals surface area contributed by atoms with Gasteiger partial charge in [0, 0.05) is 5.41 Å². The molecule has 1 unspecified atom stereocenters. The molecule has 2 fully saturated rings. The van der Waals surface area contributed by atoms with Gasteiger partial charge in [0.2, 0.25) is 0 Å². The number of aliphatic hydroxyl groups is 2. The van der Waals surface area contributed by atoms with Gasteiger partial charge in [0.1, 0.15) is 22.7 Å². The number of halogens is 1. The van der Waals surface area contributed by atoms with E-state index >= 15 is 0 Å². The molecule has 3 rings (SSSR count). The fourth-order valence-corrected chi connectivity index (χ4v) is 5.74. The Morgan fingerprint density at radius 3 is 2.44 bits per heavy atom. The largest absolute Gasteiger partial charge is 0.392 e. The summed E-state index contributed by atoms with van der Waals surface area (Å²) in [6, 6.07) is 0. The lowest BCUT2D eigenvalue weighted by molar-refractivity contribution is -0.240. The molecular weight excluding hydrogens is 340 g/mol. The van der Waals surface area contributed by atoms with Crippen LogP contribution in [0.3, 0.4) is 0 Å². The van der Waals surface area contributed by atoms with Crippen LogP contribution in [0.25, 0.3) is 0 Å². The summed E-state index contributed by atoms with van der Waals surface area (Å²) in [5.74, 6) is -0.915. The average Bonchev–Trinajstić information content (AvgIpc) is 2.52. The van der Waals surface area contributed by atoms with Gasteiger partial charge in [-0.15, -0.1) is 18.2 Å². The van der Waals surface area contributed by atoms with Crippen LogP contribution < -0.4 is 0 Å². The first kappa shape index (κ1) is 19.1. The van der Waals surface area contributed by atoms with E-state index in [1.54, 1.807) is 19.9 Å². The molecule has 7 atom stereocenters. The molecule has 1 saturated carbocycles. The lowest BCUT2D eigenvalue weighted by Gasteiger charge is -2.63. The van der Waals surface area contributed by atoms with Gasteiger partial charge in [0.15, 0.2) is 5.78 Å². The van der Waals surface area contributed by atoms with Gasteiger partial charge in [-0.05, 0) is 32.1 Å². The molecule has 2 N–H and O–H groups in total. The van der Waals surface area contributed by atoms with Crippen molar-refractivity contribution in [2.45, 2.75) is 76.2 Å². The van der Waals surface area contributed by atoms with Gasteiger partial charge in [-0.1, -0.05) is 38.5 Å². The zero-order chi connectivity index (χ0) is 19.0. The minimum Gasteiger partial charge on any atom is -0.392 e. The van der Waals surface area contributed by atoms with Gasteiger partial charge >= 0.3 is 0 Å². The van der Waals surface area contributed by atoms with Gasteiger partial charge in [0.25, 0.3) is 0 Å². The zero-order valence-electron chi connectivity index (χ0n) is 15.7. The highest BCUT2D eigenvalue weighted by Gasteiger charge is 2.69. The first-order valence-electron chi connectivity index (χ1n) is 8.95. The number of aliphatic hydroxyl groups excluding tert-OH is 2. The first-order valence-corrected chi connectivity index (χ1v) is 9.38. The molecule has 0 aromatic carbocycles. The van der Waals surface area contributed by atoms with E-state index in [0.717, 1.165) is 12.0 Å². The second-order valence-corrected chi connectivity index (χ2v) is 9.55. The summed E-state index contributed by atoms with van der Waals surface area (Å²) in [5, 5.41) is 21.0. The molecule has 0 radical (unpaired) electrons. The molecule has 1 saturated heterocycles. The summed E-state index contributed by atoms with van der Waals surface area (Å²) in [5.41, 5.74) is -2.34. The van der Waals surface area contributed by atoms with E-state index in [-0.39, 0.29) is 11.2 Å². The summed E-state index contributed by atoms with van der Waals surface area (Å²) in [6.07, 6.45) is 3.08. The Labute approximate surface area is 154 Å². The predicted octanol–water partition coefficient (Wildman–Crippen LogP) is 3.00. The number of ketones is 1. The number of alkyl halides is 1. The Kier molecular flexibility index (Phi) is 4.14. The Morgan fingerprint density at radius 2 is 1.88 bits per heavy atom. The van der Waals surface area contributed by atoms with Crippen molar-refractivity contribution in [3.05, 3.63) is 24.3 Å². The number of Topliss-reactive ketones (excluding diaryl/α,β-unsaturated/α-hetero) is 1. The van der Waals surface area contributed by atoms with Crippen molar-refractivity contribution >= 4 is 17.4 Å². The van der Waals surface area contributed by atoms with Crippen LogP contribution in [-0.2, 0) is 9.53 Å². The molecule has 140 valence electrons. The van der Waals surface area contributed by atoms with Gasteiger partial charge in [-0.3, -0.25) is 4.79 Å². The van der Waals surface area contributed by atoms with Crippen LogP contribution in [0.15, 0.2) is 24.3 Å². The minimum atomic E-state index is -1.17. The Bertz CT molecular complexity index is 656. The predicted molar refractivity (Wildman–Crippen MR) is 97.4 cm³/mol. The number of ether oxygens (including phenoxy) is 1. The fraction of sp³-hybridized carbons (Fsp3) is 0.750. The molecule has 3 aliphatic rings. The molecule has 5 heteroatoms. The summed E-state index contributed by atoms with van der Waals surface area (Å²) in [4.78, 5) is 13.4. The first-order chi connectivity index (χ1) is 11.3. The summed E-state index contributed by atoms with van der Waals surface area (Å²) >= 11 is 6.49. The van der Waals surface area contributed by atoms with Crippen LogP contribution in [0.1, 0.15) is 47.5 Å². The third-order valence-corrected chi connectivity index (χ3v) is 7.66. The molecule has 25 heavy (non-hydrogen) atoms. The smallest absolute Gasteiger partial charge is 0.160 e. The number of hydrogen-bond acceptors (Lipinski definition) is 4. The number of carbonyl (C=O) groups excluding carboxylic acids is 1. The van der Waals surface area contributed by atoms with Gasteiger partial charge < -0.3 is 14.9 Å². The number of carbonyl (C=O) groups is 1. The van der Waals surface area contributed by atoms with Crippen LogP contribution in [0.4, 0.5) is 0 Å². The normalized spacial score (nSPS) is 52.0. The van der Waals surface area contributed by atoms with Crippen molar-refractivity contribution in [2.75, 3.05) is 0 Å². The Hall–Kier alpha value is -0.680. The van der Waals surface area contributed by atoms with E-state index in [2.05, 4.69) is 20.4 Å². The third kappa shape index (κ3) is 2.27. The molecule has 0 aromatic heterocycles. The SMILES string of the molecule is C=C[C@]1(C)O[C@]2(C)[C@@H](O)C=C3C(C)(C)CC[C@H](O)[C@]3(C)[C@H]2C(=O)C1Cl. The fourth-order valence-electron chi connectivity index (χ4n) is 5.48. The molecule has 2 aliphatic carbocycles. The molecule has 0 spiro atoms. The second kappa shape index (κ2) is 5.41. The van der Waals surface area contributed by atoms with Crippen molar-refractivity contribution in [1.29, 1.82) is 0 Å². The van der Waals surface area contributed by atoms with E-state index < -0.39 is 40.1 Å². The monoisotopic (exact) mass is 368 g/mol. The van der Waals surface area contributed by atoms with Crippen LogP contribution >= 0.6 is 11.6 Å². The summed E-state index contributed by atoms with van der Waals surface area (Å²) in [6.45, 7) is 13.3. The van der Waals surface area contributed by atoms with E-state index in [1.807, 2.05) is 6.92 Å². The number of rotatable bonds is 1. The maximum Gasteiger partial charge on any atom is 0.160 e. The van der Waals surface area contributed by atoms with Crippen molar-refractivity contribution in [3.8, 4) is 0 Å². The lowest BCUT2D eigenvalue weighted by Crippen LogP contribution is -2.72. The Morgan fingerprint density at radius 1 is 1.28 bits per heavy atom. The van der Waals surface area contributed by atoms with E-state index in [9.17, 15) is 15.0 Å². The summed E-state index contributed by atoms with van der Waals surface area (Å²) < 4.78 is 6.26. The molecule has 4 nitrogen and oxygen atoms in total. The average molecular weight is 369 g/mol. The van der Waals surface area contributed by atoms with Crippen LogP contribution in [0.2, 0.25) is 0 Å². The topological polar surface area (TPSA) is 66.8 Å². The van der Waals surface area contributed by atoms with Crippen LogP contribution in [-0.4, -0.2) is 44.8 Å². The molecule has 0 bridgehead atoms. The quantitative estimate of drug-likeness (QED) is 0.551.